The molecule has 4 rings (SSSR count). The second kappa shape index (κ2) is 18.3. The molecule has 14 nitrogen and oxygen atoms in total. The lowest BCUT2D eigenvalue weighted by Gasteiger charge is -2.26. The first-order valence-electron chi connectivity index (χ1n) is 18.5. The molecule has 3 N–H and O–H groups in total. The predicted molar refractivity (Wildman–Crippen MR) is 218 cm³/mol. The topological polar surface area (TPSA) is 195 Å². The number of benzene rings is 2. The van der Waals surface area contributed by atoms with Gasteiger partial charge < -0.3 is 15.3 Å². The number of hydrogen-bond donors (Lipinski definition) is 3. The van der Waals surface area contributed by atoms with Gasteiger partial charge in [-0.2, -0.15) is 12.7 Å². The highest BCUT2D eigenvalue weighted by atomic mass is 32.2. The number of aliphatic carboxylic acids is 1. The Kier molecular flexibility index (Phi) is 14.5. The molecular weight excluding hydrogens is 795 g/mol. The van der Waals surface area contributed by atoms with Crippen LogP contribution >= 0.6 is 0 Å². The van der Waals surface area contributed by atoms with Crippen LogP contribution in [-0.4, -0.2) is 91.9 Å². The van der Waals surface area contributed by atoms with E-state index in [4.69, 9.17) is 20.1 Å². The third kappa shape index (κ3) is 11.0. The van der Waals surface area contributed by atoms with Crippen molar-refractivity contribution in [3.63, 3.8) is 0 Å². The van der Waals surface area contributed by atoms with Crippen LogP contribution in [0.25, 0.3) is 28.6 Å². The van der Waals surface area contributed by atoms with Gasteiger partial charge in [0, 0.05) is 42.0 Å². The van der Waals surface area contributed by atoms with Crippen LogP contribution in [0.15, 0.2) is 54.6 Å². The summed E-state index contributed by atoms with van der Waals surface area (Å²) in [5.41, 5.74) is 3.48. The Bertz CT molecular complexity index is 2380. The number of carboxylic acid groups (broad SMARTS) is 1. The fourth-order valence-electron chi connectivity index (χ4n) is 6.41. The number of aliphatic hydroxyl groups excluding tert-OH is 2. The van der Waals surface area contributed by atoms with E-state index in [-0.39, 0.29) is 36.7 Å². The van der Waals surface area contributed by atoms with Gasteiger partial charge in [0.1, 0.15) is 23.0 Å². The minimum absolute atomic E-state index is 0.00395. The Hall–Kier alpha value is -4.91. The number of aromatic nitrogens is 4. The van der Waals surface area contributed by atoms with Crippen LogP contribution in [0.1, 0.15) is 87.7 Å². The van der Waals surface area contributed by atoms with Gasteiger partial charge in [-0.25, -0.2) is 36.0 Å². The molecule has 0 aliphatic rings. The molecule has 18 heteroatoms. The molecule has 314 valence electrons. The van der Waals surface area contributed by atoms with Crippen molar-refractivity contribution in [1.29, 1.82) is 0 Å². The Balaban J connectivity index is 2.13. The van der Waals surface area contributed by atoms with E-state index in [1.807, 2.05) is 34.6 Å². The zero-order chi connectivity index (χ0) is 43.4. The molecular formula is C40H51F2N6O8S2+. The van der Waals surface area contributed by atoms with Crippen molar-refractivity contribution in [3.05, 3.63) is 88.8 Å². The number of carbonyl (C=O) groups is 1. The molecule has 3 unspecified atom stereocenters. The van der Waals surface area contributed by atoms with Gasteiger partial charge >= 0.3 is 11.9 Å². The SMILES string of the molecule is CC(C)c1nc(N(C)S(C)(=O)=O)[n+](CC(C)c2c(-c3ccc(F)cc3)nc(N(C)S(C)(=O)=O)nc2C(C)C)c(-c2ccc(F)cc2)c1C=CC(O)CC(O)CC(=O)O. The molecule has 0 spiro atoms. The van der Waals surface area contributed by atoms with Gasteiger partial charge in [0.25, 0.3) is 10.0 Å². The predicted octanol–water partition coefficient (Wildman–Crippen LogP) is 5.21. The fraction of sp³-hybridized carbons (Fsp3) is 0.425. The van der Waals surface area contributed by atoms with Gasteiger partial charge in [-0.3, -0.25) is 4.79 Å². The Morgan fingerprint density at radius 1 is 0.793 bits per heavy atom. The molecule has 0 amide bonds. The lowest BCUT2D eigenvalue weighted by molar-refractivity contribution is -0.678. The summed E-state index contributed by atoms with van der Waals surface area (Å²) in [6, 6.07) is 11.1. The van der Waals surface area contributed by atoms with Crippen molar-refractivity contribution >= 4 is 44.0 Å². The molecule has 0 aliphatic carbocycles. The van der Waals surface area contributed by atoms with Gasteiger partial charge in [-0.05, 0) is 60.5 Å². The molecule has 0 bridgehead atoms. The molecule has 58 heavy (non-hydrogen) atoms. The van der Waals surface area contributed by atoms with Crippen molar-refractivity contribution < 1.29 is 50.3 Å². The van der Waals surface area contributed by atoms with Crippen LogP contribution in [0.3, 0.4) is 0 Å². The molecule has 0 aliphatic heterocycles. The van der Waals surface area contributed by atoms with E-state index in [0.29, 0.717) is 45.0 Å². The van der Waals surface area contributed by atoms with Gasteiger partial charge in [-0.15, -0.1) is 0 Å². The Labute approximate surface area is 338 Å². The van der Waals surface area contributed by atoms with E-state index in [2.05, 4.69) is 0 Å². The number of anilines is 2. The first kappa shape index (κ1) is 45.8. The minimum atomic E-state index is -3.96. The minimum Gasteiger partial charge on any atom is -0.481 e. The number of rotatable bonds is 17. The Morgan fingerprint density at radius 2 is 1.31 bits per heavy atom. The van der Waals surface area contributed by atoms with Crippen molar-refractivity contribution in [2.75, 3.05) is 35.2 Å². The summed E-state index contributed by atoms with van der Waals surface area (Å²) in [4.78, 5) is 25.5. The number of sulfonamides is 2. The molecule has 0 saturated heterocycles. The number of nitrogens with zero attached hydrogens (tertiary/aromatic N) is 6. The summed E-state index contributed by atoms with van der Waals surface area (Å²) in [6.07, 6.45) is 1.47. The lowest BCUT2D eigenvalue weighted by Crippen LogP contribution is -2.48. The number of halogens is 2. The number of carboxylic acids is 1. The number of hydrogen-bond acceptors (Lipinski definition) is 10. The lowest BCUT2D eigenvalue weighted by atomic mass is 9.89. The smallest absolute Gasteiger partial charge is 0.409 e. The molecule has 2 heterocycles. The second-order valence-electron chi connectivity index (χ2n) is 14.9. The van der Waals surface area contributed by atoms with E-state index in [9.17, 15) is 40.6 Å². The molecule has 0 fully saturated rings. The summed E-state index contributed by atoms with van der Waals surface area (Å²) >= 11 is 0. The van der Waals surface area contributed by atoms with Gasteiger partial charge in [-0.1, -0.05) is 45.7 Å². The monoisotopic (exact) mass is 845 g/mol. The van der Waals surface area contributed by atoms with E-state index in [1.165, 1.54) is 68.7 Å². The van der Waals surface area contributed by atoms with E-state index in [0.717, 1.165) is 21.1 Å². The van der Waals surface area contributed by atoms with Crippen LogP contribution in [-0.2, 0) is 31.4 Å². The zero-order valence-corrected chi connectivity index (χ0v) is 35.6. The fourth-order valence-corrected chi connectivity index (χ4v) is 7.23. The highest BCUT2D eigenvalue weighted by Gasteiger charge is 2.35. The van der Waals surface area contributed by atoms with Crippen molar-refractivity contribution in [3.8, 4) is 22.5 Å². The molecule has 4 aromatic rings. The highest BCUT2D eigenvalue weighted by molar-refractivity contribution is 7.92. The number of aliphatic hydroxyl groups is 2. The third-order valence-corrected chi connectivity index (χ3v) is 11.8. The van der Waals surface area contributed by atoms with Gasteiger partial charge in [0.2, 0.25) is 16.0 Å². The maximum atomic E-state index is 14.5. The maximum absolute atomic E-state index is 14.5. The molecule has 0 radical (unpaired) electrons. The third-order valence-electron chi connectivity index (χ3n) is 9.47. The van der Waals surface area contributed by atoms with Crippen LogP contribution < -0.4 is 13.2 Å². The van der Waals surface area contributed by atoms with Crippen LogP contribution in [0.2, 0.25) is 0 Å². The first-order chi connectivity index (χ1) is 26.9. The molecule has 2 aromatic heterocycles. The largest absolute Gasteiger partial charge is 0.481 e. The summed E-state index contributed by atoms with van der Waals surface area (Å²) in [7, 11) is -5.10. The van der Waals surface area contributed by atoms with Crippen LogP contribution in [0, 0.1) is 11.6 Å². The summed E-state index contributed by atoms with van der Waals surface area (Å²) in [5, 5.41) is 30.2. The van der Waals surface area contributed by atoms with Crippen LogP contribution in [0.4, 0.5) is 20.7 Å². The van der Waals surface area contributed by atoms with Crippen molar-refractivity contribution in [2.45, 2.75) is 84.0 Å². The summed E-state index contributed by atoms with van der Waals surface area (Å²) in [5.74, 6) is -3.63. The highest BCUT2D eigenvalue weighted by Crippen LogP contribution is 2.37. The summed E-state index contributed by atoms with van der Waals surface area (Å²) in [6.45, 7) is 9.26. The van der Waals surface area contributed by atoms with Gasteiger partial charge in [0.05, 0.1) is 61.7 Å². The average molecular weight is 846 g/mol. The molecule has 0 saturated carbocycles. The maximum Gasteiger partial charge on any atom is 0.409 e. The van der Waals surface area contributed by atoms with E-state index >= 15 is 0 Å². The molecule has 3 atom stereocenters. The first-order valence-corrected chi connectivity index (χ1v) is 22.2. The zero-order valence-electron chi connectivity index (χ0n) is 33.9. The van der Waals surface area contributed by atoms with Crippen LogP contribution in [0.5, 0.6) is 0 Å². The standard InChI is InChI=1S/C40H50F2N6O8S2/c1-23(2)35-32(19-18-30(49)20-31(50)21-33(51)52)38(27-12-16-29(42)17-13-27)48(40(45-35)47(7)58(9,55)56)22-25(5)34-36(24(3)4)43-39(46(6)57(8,53)54)44-37(34)26-10-14-28(41)15-11-26/h10-19,23-25,30-31,49-50H,20-22H2,1-9H3/p+1. The van der Waals surface area contributed by atoms with Crippen molar-refractivity contribution in [1.82, 2.24) is 15.0 Å². The van der Waals surface area contributed by atoms with E-state index in [1.54, 1.807) is 10.6 Å². The van der Waals surface area contributed by atoms with Crippen molar-refractivity contribution in [2.24, 2.45) is 0 Å². The summed E-state index contributed by atoms with van der Waals surface area (Å²) < 4.78 is 84.3. The average Bonchev–Trinajstić information content (AvgIpc) is 3.12. The Morgan fingerprint density at radius 3 is 1.79 bits per heavy atom. The normalized spacial score (nSPS) is 13.9. The van der Waals surface area contributed by atoms with E-state index < -0.39 is 62.2 Å². The molecule has 2 aromatic carbocycles. The quantitative estimate of drug-likeness (QED) is 0.118. The van der Waals surface area contributed by atoms with Gasteiger partial charge in [0.15, 0.2) is 0 Å². The second-order valence-corrected chi connectivity index (χ2v) is 19.0.